The highest BCUT2D eigenvalue weighted by molar-refractivity contribution is 7.29. The maximum atomic E-state index is 12.6. The summed E-state index contributed by atoms with van der Waals surface area (Å²) >= 11 is 2.70. The second-order valence-corrected chi connectivity index (χ2v) is 8.38. The summed E-state index contributed by atoms with van der Waals surface area (Å²) in [5.41, 5.74) is 5.81. The van der Waals surface area contributed by atoms with E-state index in [0.29, 0.717) is 10.6 Å². The fourth-order valence-electron chi connectivity index (χ4n) is 2.52. The van der Waals surface area contributed by atoms with Crippen molar-refractivity contribution >= 4 is 60.8 Å². The molecule has 29 heavy (non-hydrogen) atoms. The molecular formula is C19H20N4O4S2. The van der Waals surface area contributed by atoms with Crippen LogP contribution in [-0.2, 0) is 14.3 Å². The van der Waals surface area contributed by atoms with Crippen LogP contribution >= 0.6 is 22.7 Å². The van der Waals surface area contributed by atoms with Gasteiger partial charge in [-0.3, -0.25) is 9.59 Å². The number of para-hydroxylation sites is 1. The molecule has 2 N–H and O–H groups in total. The molecule has 0 saturated carbocycles. The molecule has 0 fully saturated rings. The van der Waals surface area contributed by atoms with Crippen LogP contribution in [0, 0.1) is 0 Å². The topological polar surface area (TPSA) is 106 Å². The van der Waals surface area contributed by atoms with Gasteiger partial charge in [0.05, 0.1) is 4.70 Å². The standard InChI is InChI=1S/C19H20N4O4S2/c1-22(2)19-21-17-13(29-19)10-14(28-17)18(26)27-11-16(25)23(9-8-15(20)24)12-6-4-3-5-7-12/h3-7,10H,8-9,11H2,1-2H3,(H2,20,24). The molecule has 0 aliphatic heterocycles. The number of esters is 1. The largest absolute Gasteiger partial charge is 0.451 e. The summed E-state index contributed by atoms with van der Waals surface area (Å²) in [5, 5.41) is 0.856. The fraction of sp³-hybridized carbons (Fsp3) is 0.263. The first kappa shape index (κ1) is 20.7. The van der Waals surface area contributed by atoms with E-state index in [9.17, 15) is 14.4 Å². The van der Waals surface area contributed by atoms with Crippen LogP contribution in [0.15, 0.2) is 36.4 Å². The van der Waals surface area contributed by atoms with Crippen molar-refractivity contribution in [3.05, 3.63) is 41.3 Å². The Kier molecular flexibility index (Phi) is 6.45. The van der Waals surface area contributed by atoms with Crippen LogP contribution in [0.2, 0.25) is 0 Å². The summed E-state index contributed by atoms with van der Waals surface area (Å²) in [5.74, 6) is -1.53. The zero-order valence-corrected chi connectivity index (χ0v) is 17.6. The predicted molar refractivity (Wildman–Crippen MR) is 115 cm³/mol. The van der Waals surface area contributed by atoms with Crippen molar-refractivity contribution in [2.24, 2.45) is 5.73 Å². The number of benzene rings is 1. The number of nitrogens with zero attached hydrogens (tertiary/aromatic N) is 3. The van der Waals surface area contributed by atoms with Crippen molar-refractivity contribution in [3.63, 3.8) is 0 Å². The second-order valence-electron chi connectivity index (χ2n) is 6.34. The van der Waals surface area contributed by atoms with Gasteiger partial charge >= 0.3 is 5.97 Å². The minimum absolute atomic E-state index is 0.00958. The minimum atomic E-state index is -0.581. The number of anilines is 2. The molecule has 0 unspecified atom stereocenters. The lowest BCUT2D eigenvalue weighted by atomic mass is 10.2. The van der Waals surface area contributed by atoms with Crippen LogP contribution in [0.3, 0.4) is 0 Å². The number of fused-ring (bicyclic) bond motifs is 1. The summed E-state index contributed by atoms with van der Waals surface area (Å²) in [6, 6.07) is 10.6. The number of carbonyl (C=O) groups is 3. The Balaban J connectivity index is 1.66. The van der Waals surface area contributed by atoms with Gasteiger partial charge in [0.2, 0.25) is 5.91 Å². The zero-order chi connectivity index (χ0) is 21.0. The van der Waals surface area contributed by atoms with E-state index >= 15 is 0 Å². The number of nitrogens with two attached hydrogens (primary N) is 1. The molecule has 0 aliphatic carbocycles. The molecule has 3 aromatic rings. The van der Waals surface area contributed by atoms with Crippen LogP contribution in [0.1, 0.15) is 16.1 Å². The van der Waals surface area contributed by atoms with E-state index in [2.05, 4.69) is 4.98 Å². The quantitative estimate of drug-likeness (QED) is 0.548. The molecule has 0 radical (unpaired) electrons. The number of hydrogen-bond donors (Lipinski definition) is 1. The number of amides is 2. The second kappa shape index (κ2) is 9.01. The van der Waals surface area contributed by atoms with Gasteiger partial charge < -0.3 is 20.3 Å². The number of thiophene rings is 1. The molecule has 2 aromatic heterocycles. The maximum absolute atomic E-state index is 12.6. The van der Waals surface area contributed by atoms with E-state index in [1.165, 1.54) is 27.6 Å². The van der Waals surface area contributed by atoms with Crippen molar-refractivity contribution < 1.29 is 19.1 Å². The Morgan fingerprint density at radius 1 is 1.14 bits per heavy atom. The Morgan fingerprint density at radius 3 is 2.48 bits per heavy atom. The van der Waals surface area contributed by atoms with Crippen molar-refractivity contribution in [2.75, 3.05) is 37.0 Å². The van der Waals surface area contributed by atoms with Gasteiger partial charge in [-0.1, -0.05) is 29.5 Å². The molecule has 0 atom stereocenters. The van der Waals surface area contributed by atoms with Crippen LogP contribution in [0.25, 0.3) is 9.53 Å². The smallest absolute Gasteiger partial charge is 0.348 e. The van der Waals surface area contributed by atoms with Gasteiger partial charge in [0.1, 0.15) is 9.71 Å². The van der Waals surface area contributed by atoms with Gasteiger partial charge in [0.15, 0.2) is 11.7 Å². The molecule has 1 aromatic carbocycles. The van der Waals surface area contributed by atoms with Crippen molar-refractivity contribution in [2.45, 2.75) is 6.42 Å². The summed E-state index contributed by atoms with van der Waals surface area (Å²) in [6.07, 6.45) is 0.00958. The number of ether oxygens (including phenoxy) is 1. The number of aromatic nitrogens is 1. The molecule has 0 bridgehead atoms. The molecule has 2 amide bonds. The van der Waals surface area contributed by atoms with Gasteiger partial charge in [-0.15, -0.1) is 11.3 Å². The van der Waals surface area contributed by atoms with E-state index in [4.69, 9.17) is 10.5 Å². The van der Waals surface area contributed by atoms with Crippen LogP contribution in [0.5, 0.6) is 0 Å². The molecular weight excluding hydrogens is 412 g/mol. The van der Waals surface area contributed by atoms with Gasteiger partial charge in [-0.25, -0.2) is 9.78 Å². The highest BCUT2D eigenvalue weighted by atomic mass is 32.1. The first-order valence-corrected chi connectivity index (χ1v) is 10.4. The number of primary amides is 1. The van der Waals surface area contributed by atoms with Crippen molar-refractivity contribution in [1.82, 2.24) is 4.98 Å². The fourth-order valence-corrected chi connectivity index (χ4v) is 4.55. The Hall–Kier alpha value is -2.98. The summed E-state index contributed by atoms with van der Waals surface area (Å²) in [6.45, 7) is -0.323. The van der Waals surface area contributed by atoms with Crippen molar-refractivity contribution in [1.29, 1.82) is 0 Å². The van der Waals surface area contributed by atoms with E-state index in [-0.39, 0.29) is 13.0 Å². The SMILES string of the molecule is CN(C)c1nc2sc(C(=O)OCC(=O)N(CCC(N)=O)c3ccccc3)cc2s1. The third kappa shape index (κ3) is 5.09. The van der Waals surface area contributed by atoms with E-state index in [1.54, 1.807) is 30.3 Å². The highest BCUT2D eigenvalue weighted by Crippen LogP contribution is 2.34. The lowest BCUT2D eigenvalue weighted by molar-refractivity contribution is -0.121. The third-order valence-electron chi connectivity index (χ3n) is 3.94. The zero-order valence-electron chi connectivity index (χ0n) is 16.0. The van der Waals surface area contributed by atoms with E-state index in [1.807, 2.05) is 25.1 Å². The lowest BCUT2D eigenvalue weighted by Crippen LogP contribution is -2.37. The lowest BCUT2D eigenvalue weighted by Gasteiger charge is -2.22. The Morgan fingerprint density at radius 2 is 1.86 bits per heavy atom. The molecule has 0 spiro atoms. The third-order valence-corrected chi connectivity index (χ3v) is 6.25. The molecule has 8 nitrogen and oxygen atoms in total. The monoisotopic (exact) mass is 432 g/mol. The first-order valence-electron chi connectivity index (χ1n) is 8.73. The summed E-state index contributed by atoms with van der Waals surface area (Å²) in [4.78, 5) is 45.0. The average molecular weight is 433 g/mol. The van der Waals surface area contributed by atoms with Gasteiger partial charge in [-0.05, 0) is 18.2 Å². The van der Waals surface area contributed by atoms with Crippen LogP contribution in [0.4, 0.5) is 10.8 Å². The Bertz CT molecular complexity index is 998. The van der Waals surface area contributed by atoms with Crippen molar-refractivity contribution in [3.8, 4) is 0 Å². The average Bonchev–Trinajstić information content (AvgIpc) is 3.26. The summed E-state index contributed by atoms with van der Waals surface area (Å²) in [7, 11) is 3.81. The normalized spacial score (nSPS) is 10.7. The molecule has 152 valence electrons. The van der Waals surface area contributed by atoms with Gasteiger partial charge in [0, 0.05) is 32.7 Å². The van der Waals surface area contributed by atoms with Crippen LogP contribution in [-0.4, -0.2) is 50.0 Å². The molecule has 10 heteroatoms. The highest BCUT2D eigenvalue weighted by Gasteiger charge is 2.20. The maximum Gasteiger partial charge on any atom is 0.348 e. The van der Waals surface area contributed by atoms with Gasteiger partial charge in [0.25, 0.3) is 5.91 Å². The van der Waals surface area contributed by atoms with Gasteiger partial charge in [-0.2, -0.15) is 0 Å². The van der Waals surface area contributed by atoms with E-state index in [0.717, 1.165) is 14.7 Å². The predicted octanol–water partition coefficient (Wildman–Crippen LogP) is 2.49. The summed E-state index contributed by atoms with van der Waals surface area (Å²) < 4.78 is 6.10. The molecule has 0 saturated heterocycles. The molecule has 3 rings (SSSR count). The number of hydrogen-bond acceptors (Lipinski definition) is 8. The number of rotatable bonds is 8. The number of carbonyl (C=O) groups excluding carboxylic acids is 3. The number of thiazole rings is 1. The Labute approximate surface area is 175 Å². The van der Waals surface area contributed by atoms with E-state index < -0.39 is 24.4 Å². The van der Waals surface area contributed by atoms with Crippen LogP contribution < -0.4 is 15.5 Å². The minimum Gasteiger partial charge on any atom is -0.451 e. The first-order chi connectivity index (χ1) is 13.8. The molecule has 2 heterocycles. The molecule has 0 aliphatic rings.